The zero-order valence-corrected chi connectivity index (χ0v) is 22.1. The van der Waals surface area contributed by atoms with E-state index in [-0.39, 0.29) is 29.8 Å². The summed E-state index contributed by atoms with van der Waals surface area (Å²) in [6, 6.07) is 7.53. The fourth-order valence-corrected chi connectivity index (χ4v) is 4.87. The van der Waals surface area contributed by atoms with E-state index in [9.17, 15) is 9.59 Å². The molecule has 188 valence electrons. The first kappa shape index (κ1) is 25.4. The van der Waals surface area contributed by atoms with Crippen LogP contribution in [0.5, 0.6) is 0 Å². The van der Waals surface area contributed by atoms with Crippen molar-refractivity contribution in [2.24, 2.45) is 5.92 Å². The summed E-state index contributed by atoms with van der Waals surface area (Å²) >= 11 is 3.53. The highest BCUT2D eigenvalue weighted by Gasteiger charge is 2.33. The molecule has 10 heteroatoms. The zero-order valence-electron chi connectivity index (χ0n) is 20.6. The van der Waals surface area contributed by atoms with Gasteiger partial charge in [-0.15, -0.1) is 0 Å². The number of piperazine rings is 1. The van der Waals surface area contributed by atoms with Crippen LogP contribution in [0, 0.1) is 5.92 Å². The Balaban J connectivity index is 1.40. The largest absolute Gasteiger partial charge is 0.365 e. The lowest BCUT2D eigenvalue weighted by molar-refractivity contribution is -0.125. The van der Waals surface area contributed by atoms with Crippen molar-refractivity contribution in [1.82, 2.24) is 25.1 Å². The number of benzene rings is 1. The molecule has 0 bridgehead atoms. The van der Waals surface area contributed by atoms with Crippen LogP contribution in [0.1, 0.15) is 43.5 Å². The fraction of sp³-hybridized carbons (Fsp3) is 0.520. The highest BCUT2D eigenvalue weighted by molar-refractivity contribution is 9.10. The molecule has 2 heterocycles. The Morgan fingerprint density at radius 2 is 1.80 bits per heavy atom. The van der Waals surface area contributed by atoms with Crippen LogP contribution in [0.15, 0.2) is 34.9 Å². The summed E-state index contributed by atoms with van der Waals surface area (Å²) in [5.41, 5.74) is 1.47. The number of hydrogen-bond donors (Lipinski definition) is 3. The van der Waals surface area contributed by atoms with E-state index in [1.807, 2.05) is 43.0 Å². The lowest BCUT2D eigenvalue weighted by Gasteiger charge is -2.32. The van der Waals surface area contributed by atoms with Crippen LogP contribution in [0.2, 0.25) is 0 Å². The third-order valence-corrected chi connectivity index (χ3v) is 7.11. The molecule has 4 rings (SSSR count). The van der Waals surface area contributed by atoms with Crippen molar-refractivity contribution in [1.29, 1.82) is 0 Å². The number of amides is 2. The van der Waals surface area contributed by atoms with Crippen LogP contribution in [-0.4, -0.2) is 76.9 Å². The van der Waals surface area contributed by atoms with Gasteiger partial charge in [-0.1, -0.05) is 6.42 Å². The minimum Gasteiger partial charge on any atom is -0.365 e. The van der Waals surface area contributed by atoms with Gasteiger partial charge >= 0.3 is 0 Å². The average Bonchev–Trinajstić information content (AvgIpc) is 3.30. The molecule has 2 fully saturated rings. The smallest absolute Gasteiger partial charge is 0.253 e. The van der Waals surface area contributed by atoms with E-state index in [0.29, 0.717) is 17.3 Å². The van der Waals surface area contributed by atoms with E-state index in [2.05, 4.69) is 53.8 Å². The molecule has 1 aliphatic heterocycles. The number of aromatic nitrogens is 2. The van der Waals surface area contributed by atoms with E-state index >= 15 is 0 Å². The Hall–Kier alpha value is -2.72. The average molecular weight is 544 g/mol. The summed E-state index contributed by atoms with van der Waals surface area (Å²) in [7, 11) is 2.07. The number of anilines is 3. The predicted octanol–water partition coefficient (Wildman–Crippen LogP) is 3.48. The third-order valence-electron chi connectivity index (χ3n) is 6.53. The standard InChI is InChI=1S/C25H34BrN7O2/c1-16(2)28-23(34)19-5-4-6-21(19)30-22-20(26)15-27-25(31-22)29-18-9-7-17(8-10-18)24(35)33-13-11-32(3)12-14-33/h7-10,15-16,19,21H,4-6,11-14H2,1-3H3,(H,28,34)(H2,27,29,30,31)/t19-,21+/m0/s1. The second-order valence-corrected chi connectivity index (χ2v) is 10.5. The third kappa shape index (κ3) is 6.49. The highest BCUT2D eigenvalue weighted by atomic mass is 79.9. The highest BCUT2D eigenvalue weighted by Crippen LogP contribution is 2.31. The van der Waals surface area contributed by atoms with E-state index in [0.717, 1.165) is 55.6 Å². The first-order valence-electron chi connectivity index (χ1n) is 12.2. The van der Waals surface area contributed by atoms with Gasteiger partial charge in [0.25, 0.3) is 5.91 Å². The molecule has 0 spiro atoms. The van der Waals surface area contributed by atoms with Gasteiger partial charge in [-0.2, -0.15) is 4.98 Å². The normalized spacial score (nSPS) is 20.7. The number of rotatable bonds is 7. The number of carbonyl (C=O) groups is 2. The molecule has 0 radical (unpaired) electrons. The molecule has 2 aliphatic rings. The van der Waals surface area contributed by atoms with E-state index in [1.54, 1.807) is 6.20 Å². The second kappa shape index (κ2) is 11.3. The Bertz CT molecular complexity index is 1040. The van der Waals surface area contributed by atoms with Crippen LogP contribution in [0.25, 0.3) is 0 Å². The van der Waals surface area contributed by atoms with Gasteiger partial charge in [0, 0.05) is 55.7 Å². The molecular weight excluding hydrogens is 510 g/mol. The molecule has 1 saturated heterocycles. The summed E-state index contributed by atoms with van der Waals surface area (Å²) in [5, 5.41) is 9.69. The van der Waals surface area contributed by atoms with Gasteiger partial charge in [0.15, 0.2) is 0 Å². The molecule has 2 amide bonds. The maximum absolute atomic E-state index is 12.8. The molecule has 3 N–H and O–H groups in total. The summed E-state index contributed by atoms with van der Waals surface area (Å²) in [6.45, 7) is 7.24. The van der Waals surface area contributed by atoms with Crippen LogP contribution in [-0.2, 0) is 4.79 Å². The van der Waals surface area contributed by atoms with Crippen molar-refractivity contribution in [3.63, 3.8) is 0 Å². The number of carbonyl (C=O) groups excluding carboxylic acids is 2. The maximum atomic E-state index is 12.8. The van der Waals surface area contributed by atoms with Crippen molar-refractivity contribution in [2.75, 3.05) is 43.9 Å². The lowest BCUT2D eigenvalue weighted by Crippen LogP contribution is -2.47. The molecular formula is C25H34BrN7O2. The SMILES string of the molecule is CC(C)NC(=O)[C@H]1CCC[C@H]1Nc1nc(Nc2ccc(C(=O)N3CCN(C)CC3)cc2)ncc1Br. The molecule has 2 aromatic rings. The summed E-state index contributed by atoms with van der Waals surface area (Å²) in [5.74, 6) is 1.16. The molecule has 1 saturated carbocycles. The van der Waals surface area contributed by atoms with Crippen molar-refractivity contribution >= 4 is 45.2 Å². The Kier molecular flexibility index (Phi) is 8.22. The lowest BCUT2D eigenvalue weighted by atomic mass is 10.0. The first-order valence-corrected chi connectivity index (χ1v) is 13.0. The van der Waals surface area contributed by atoms with E-state index < -0.39 is 0 Å². The molecule has 1 aromatic heterocycles. The first-order chi connectivity index (χ1) is 16.8. The molecule has 9 nitrogen and oxygen atoms in total. The predicted molar refractivity (Wildman–Crippen MR) is 141 cm³/mol. The van der Waals surface area contributed by atoms with Crippen molar-refractivity contribution in [3.05, 3.63) is 40.5 Å². The van der Waals surface area contributed by atoms with Crippen molar-refractivity contribution < 1.29 is 9.59 Å². The van der Waals surface area contributed by atoms with Gasteiger partial charge in [0.1, 0.15) is 5.82 Å². The Morgan fingerprint density at radius 3 is 2.49 bits per heavy atom. The quantitative estimate of drug-likeness (QED) is 0.491. The van der Waals surface area contributed by atoms with Crippen molar-refractivity contribution in [3.8, 4) is 0 Å². The fourth-order valence-electron chi connectivity index (χ4n) is 4.56. The van der Waals surface area contributed by atoms with Gasteiger partial charge in [0.2, 0.25) is 11.9 Å². The van der Waals surface area contributed by atoms with Crippen LogP contribution >= 0.6 is 15.9 Å². The number of hydrogen-bond acceptors (Lipinski definition) is 7. The minimum atomic E-state index is -0.0824. The summed E-state index contributed by atoms with van der Waals surface area (Å²) < 4.78 is 0.742. The maximum Gasteiger partial charge on any atom is 0.253 e. The van der Waals surface area contributed by atoms with Crippen LogP contribution in [0.4, 0.5) is 17.5 Å². The second-order valence-electron chi connectivity index (χ2n) is 9.64. The Labute approximate surface area is 215 Å². The monoisotopic (exact) mass is 543 g/mol. The summed E-state index contributed by atoms with van der Waals surface area (Å²) in [4.78, 5) is 38.5. The molecule has 1 aromatic carbocycles. The van der Waals surface area contributed by atoms with E-state index in [1.165, 1.54) is 0 Å². The van der Waals surface area contributed by atoms with E-state index in [4.69, 9.17) is 0 Å². The summed E-state index contributed by atoms with van der Waals surface area (Å²) in [6.07, 6.45) is 4.48. The zero-order chi connectivity index (χ0) is 24.9. The van der Waals surface area contributed by atoms with Gasteiger partial charge in [0.05, 0.1) is 10.4 Å². The molecule has 35 heavy (non-hydrogen) atoms. The van der Waals surface area contributed by atoms with Gasteiger partial charge < -0.3 is 25.8 Å². The molecule has 1 aliphatic carbocycles. The van der Waals surface area contributed by atoms with Crippen LogP contribution in [0.3, 0.4) is 0 Å². The topological polar surface area (TPSA) is 102 Å². The Morgan fingerprint density at radius 1 is 1.09 bits per heavy atom. The van der Waals surface area contributed by atoms with Gasteiger partial charge in [-0.05, 0) is 73.9 Å². The number of nitrogens with zero attached hydrogens (tertiary/aromatic N) is 4. The number of halogens is 1. The molecule has 0 unspecified atom stereocenters. The number of likely N-dealkylation sites (N-methyl/N-ethyl adjacent to an activating group) is 1. The van der Waals surface area contributed by atoms with Crippen LogP contribution < -0.4 is 16.0 Å². The molecule has 2 atom stereocenters. The minimum absolute atomic E-state index is 0.0210. The number of nitrogens with one attached hydrogen (secondary N) is 3. The van der Waals surface area contributed by atoms with Gasteiger partial charge in [-0.25, -0.2) is 4.98 Å². The van der Waals surface area contributed by atoms with Crippen molar-refractivity contribution in [2.45, 2.75) is 45.2 Å². The van der Waals surface area contributed by atoms with Gasteiger partial charge in [-0.3, -0.25) is 9.59 Å².